The first-order chi connectivity index (χ1) is 9.08. The number of nitrogens with zero attached hydrogens (tertiary/aromatic N) is 2. The SMILES string of the molecule is O=C(O)c1cncnc1CSc1ccc(Cl)c(Cl)c1. The molecule has 98 valence electrons. The molecule has 4 nitrogen and oxygen atoms in total. The lowest BCUT2D eigenvalue weighted by Gasteiger charge is -2.05. The maximum atomic E-state index is 11.0. The largest absolute Gasteiger partial charge is 0.478 e. The third kappa shape index (κ3) is 3.59. The first-order valence-electron chi connectivity index (χ1n) is 5.18. The van der Waals surface area contributed by atoms with Crippen molar-refractivity contribution in [2.24, 2.45) is 0 Å². The van der Waals surface area contributed by atoms with Crippen LogP contribution in [0.2, 0.25) is 10.0 Å². The van der Waals surface area contributed by atoms with Gasteiger partial charge in [-0.3, -0.25) is 0 Å². The molecule has 2 rings (SSSR count). The van der Waals surface area contributed by atoms with E-state index in [-0.39, 0.29) is 5.56 Å². The molecule has 0 saturated carbocycles. The fourth-order valence-corrected chi connectivity index (χ4v) is 2.63. The Labute approximate surface area is 123 Å². The first kappa shape index (κ1) is 14.1. The zero-order valence-electron chi connectivity index (χ0n) is 9.51. The molecule has 1 aromatic carbocycles. The minimum absolute atomic E-state index is 0.107. The zero-order chi connectivity index (χ0) is 13.8. The van der Waals surface area contributed by atoms with E-state index in [0.717, 1.165) is 4.90 Å². The minimum atomic E-state index is -1.04. The third-order valence-corrected chi connectivity index (χ3v) is 4.04. The molecule has 0 radical (unpaired) electrons. The lowest BCUT2D eigenvalue weighted by atomic mass is 10.2. The highest BCUT2D eigenvalue weighted by molar-refractivity contribution is 7.98. The van der Waals surface area contributed by atoms with Crippen LogP contribution in [0.4, 0.5) is 0 Å². The Balaban J connectivity index is 2.14. The summed E-state index contributed by atoms with van der Waals surface area (Å²) < 4.78 is 0. The highest BCUT2D eigenvalue weighted by Gasteiger charge is 2.11. The molecule has 0 aliphatic heterocycles. The van der Waals surface area contributed by atoms with E-state index in [1.807, 2.05) is 6.07 Å². The maximum absolute atomic E-state index is 11.0. The highest BCUT2D eigenvalue weighted by atomic mass is 35.5. The van der Waals surface area contributed by atoms with Gasteiger partial charge in [-0.2, -0.15) is 0 Å². The van der Waals surface area contributed by atoms with Crippen LogP contribution >= 0.6 is 35.0 Å². The molecule has 0 spiro atoms. The van der Waals surface area contributed by atoms with Crippen LogP contribution in [-0.2, 0) is 5.75 Å². The predicted octanol–water partition coefficient (Wildman–Crippen LogP) is 3.77. The van der Waals surface area contributed by atoms with Crippen molar-refractivity contribution < 1.29 is 9.90 Å². The van der Waals surface area contributed by atoms with Crippen LogP contribution in [0.15, 0.2) is 35.6 Å². The van der Waals surface area contributed by atoms with Gasteiger partial charge in [0.2, 0.25) is 0 Å². The van der Waals surface area contributed by atoms with E-state index in [1.165, 1.54) is 24.3 Å². The van der Waals surface area contributed by atoms with Crippen LogP contribution in [0.25, 0.3) is 0 Å². The lowest BCUT2D eigenvalue weighted by Crippen LogP contribution is -2.04. The Bertz CT molecular complexity index is 622. The molecule has 0 atom stereocenters. The number of carboxylic acid groups (broad SMARTS) is 1. The number of carbonyl (C=O) groups is 1. The molecule has 0 aliphatic rings. The number of aromatic carboxylic acids is 1. The van der Waals surface area contributed by atoms with Crippen LogP contribution in [-0.4, -0.2) is 21.0 Å². The number of thioether (sulfide) groups is 1. The van der Waals surface area contributed by atoms with Gasteiger partial charge in [-0.05, 0) is 18.2 Å². The normalized spacial score (nSPS) is 10.4. The molecule has 19 heavy (non-hydrogen) atoms. The summed E-state index contributed by atoms with van der Waals surface area (Å²) in [6.07, 6.45) is 2.62. The second-order valence-corrected chi connectivity index (χ2v) is 5.42. The van der Waals surface area contributed by atoms with Crippen LogP contribution in [0, 0.1) is 0 Å². The number of hydrogen-bond donors (Lipinski definition) is 1. The maximum Gasteiger partial charge on any atom is 0.339 e. The molecular formula is C12H8Cl2N2O2S. The van der Waals surface area contributed by atoms with Crippen LogP contribution < -0.4 is 0 Å². The number of carboxylic acids is 1. The van der Waals surface area contributed by atoms with Crippen molar-refractivity contribution in [3.05, 3.63) is 52.0 Å². The predicted molar refractivity (Wildman–Crippen MR) is 75.0 cm³/mol. The zero-order valence-corrected chi connectivity index (χ0v) is 11.8. The Hall–Kier alpha value is -1.30. The van der Waals surface area contributed by atoms with E-state index < -0.39 is 5.97 Å². The average Bonchev–Trinajstić information content (AvgIpc) is 2.40. The van der Waals surface area contributed by atoms with E-state index in [9.17, 15) is 4.79 Å². The summed E-state index contributed by atoms with van der Waals surface area (Å²) in [6.45, 7) is 0. The van der Waals surface area contributed by atoms with E-state index in [2.05, 4.69) is 9.97 Å². The molecule has 1 N–H and O–H groups in total. The average molecular weight is 315 g/mol. The van der Waals surface area contributed by atoms with Crippen molar-refractivity contribution in [2.45, 2.75) is 10.6 Å². The van der Waals surface area contributed by atoms with Gasteiger partial charge in [0.15, 0.2) is 0 Å². The molecule has 2 aromatic rings. The lowest BCUT2D eigenvalue weighted by molar-refractivity contribution is 0.0695. The van der Waals surface area contributed by atoms with Crippen molar-refractivity contribution in [3.63, 3.8) is 0 Å². The van der Waals surface area contributed by atoms with Crippen LogP contribution in [0.5, 0.6) is 0 Å². The van der Waals surface area contributed by atoms with E-state index in [1.54, 1.807) is 12.1 Å². The summed E-state index contributed by atoms with van der Waals surface area (Å²) in [5.74, 6) is -0.618. The molecule has 0 saturated heterocycles. The Morgan fingerprint density at radius 2 is 2.11 bits per heavy atom. The summed E-state index contributed by atoms with van der Waals surface area (Å²) in [5.41, 5.74) is 0.577. The fraction of sp³-hybridized carbons (Fsp3) is 0.0833. The molecule has 0 aliphatic carbocycles. The van der Waals surface area contributed by atoms with Crippen molar-refractivity contribution >= 4 is 40.9 Å². The summed E-state index contributed by atoms with van der Waals surface area (Å²) in [4.78, 5) is 19.6. The molecule has 1 heterocycles. The number of hydrogen-bond acceptors (Lipinski definition) is 4. The Morgan fingerprint density at radius 3 is 2.79 bits per heavy atom. The monoisotopic (exact) mass is 314 g/mol. The smallest absolute Gasteiger partial charge is 0.339 e. The molecule has 0 fully saturated rings. The molecular weight excluding hydrogens is 307 g/mol. The van der Waals surface area contributed by atoms with Gasteiger partial charge in [-0.1, -0.05) is 23.2 Å². The van der Waals surface area contributed by atoms with Crippen LogP contribution in [0.1, 0.15) is 16.1 Å². The second-order valence-electron chi connectivity index (χ2n) is 3.55. The van der Waals surface area contributed by atoms with E-state index in [4.69, 9.17) is 28.3 Å². The van der Waals surface area contributed by atoms with Crippen molar-refractivity contribution in [1.82, 2.24) is 9.97 Å². The molecule has 7 heteroatoms. The minimum Gasteiger partial charge on any atom is -0.478 e. The molecule has 0 unspecified atom stereocenters. The van der Waals surface area contributed by atoms with Gasteiger partial charge in [0.1, 0.15) is 11.9 Å². The number of benzene rings is 1. The van der Waals surface area contributed by atoms with Gasteiger partial charge >= 0.3 is 5.97 Å². The van der Waals surface area contributed by atoms with E-state index >= 15 is 0 Å². The van der Waals surface area contributed by atoms with Gasteiger partial charge in [-0.15, -0.1) is 11.8 Å². The van der Waals surface area contributed by atoms with Gasteiger partial charge in [0.25, 0.3) is 0 Å². The standard InChI is InChI=1S/C12H8Cl2N2O2S/c13-9-2-1-7(3-10(9)14)19-5-11-8(12(17)18)4-15-6-16-11/h1-4,6H,5H2,(H,17,18). The topological polar surface area (TPSA) is 63.1 Å². The highest BCUT2D eigenvalue weighted by Crippen LogP contribution is 2.29. The van der Waals surface area contributed by atoms with Gasteiger partial charge in [0.05, 0.1) is 15.7 Å². The van der Waals surface area contributed by atoms with Crippen LogP contribution in [0.3, 0.4) is 0 Å². The van der Waals surface area contributed by atoms with Gasteiger partial charge in [-0.25, -0.2) is 14.8 Å². The van der Waals surface area contributed by atoms with Gasteiger partial charge < -0.3 is 5.11 Å². The first-order valence-corrected chi connectivity index (χ1v) is 6.92. The summed E-state index contributed by atoms with van der Waals surface area (Å²) in [7, 11) is 0. The molecule has 0 bridgehead atoms. The number of aromatic nitrogens is 2. The molecule has 1 aromatic heterocycles. The van der Waals surface area contributed by atoms with E-state index in [0.29, 0.717) is 21.5 Å². The number of rotatable bonds is 4. The Kier molecular flexibility index (Phi) is 4.63. The van der Waals surface area contributed by atoms with Crippen molar-refractivity contribution in [3.8, 4) is 0 Å². The quantitative estimate of drug-likeness (QED) is 0.870. The summed E-state index contributed by atoms with van der Waals surface area (Å²) >= 11 is 13.2. The summed E-state index contributed by atoms with van der Waals surface area (Å²) in [6, 6.07) is 5.25. The third-order valence-electron chi connectivity index (χ3n) is 2.29. The second kappa shape index (κ2) is 6.23. The fourth-order valence-electron chi connectivity index (χ4n) is 1.37. The number of halogens is 2. The Morgan fingerprint density at radius 1 is 1.32 bits per heavy atom. The van der Waals surface area contributed by atoms with Crippen molar-refractivity contribution in [1.29, 1.82) is 0 Å². The van der Waals surface area contributed by atoms with Crippen molar-refractivity contribution in [2.75, 3.05) is 0 Å². The molecule has 0 amide bonds. The van der Waals surface area contributed by atoms with Gasteiger partial charge in [0, 0.05) is 16.8 Å². The summed E-state index contributed by atoms with van der Waals surface area (Å²) in [5, 5.41) is 9.97.